The highest BCUT2D eigenvalue weighted by atomic mass is 32.2. The van der Waals surface area contributed by atoms with Crippen LogP contribution < -0.4 is 10.6 Å². The SMILES string of the molecule is CC(=O)NCCCCCC(=O)NCc1ccccc1-c1ccc([C@@H]2O[C@H](CSc3nccn3C)[C@H](C)[C@H](c3ccc(CO)cc3)O2)cc1. The van der Waals surface area contributed by atoms with E-state index in [-0.39, 0.29) is 36.5 Å². The molecule has 2 amide bonds. The van der Waals surface area contributed by atoms with Crippen LogP contribution in [0.2, 0.25) is 0 Å². The van der Waals surface area contributed by atoms with Gasteiger partial charge in [0.05, 0.1) is 18.8 Å². The van der Waals surface area contributed by atoms with Gasteiger partial charge in [0.1, 0.15) is 0 Å². The molecular formula is C38H46N4O5S. The second-order valence-electron chi connectivity index (χ2n) is 12.3. The smallest absolute Gasteiger partial charge is 0.220 e. The van der Waals surface area contributed by atoms with Crippen LogP contribution in [0.4, 0.5) is 0 Å². The van der Waals surface area contributed by atoms with E-state index in [4.69, 9.17) is 9.47 Å². The summed E-state index contributed by atoms with van der Waals surface area (Å²) in [6, 6.07) is 24.3. The molecule has 3 aromatic carbocycles. The quantitative estimate of drug-likeness (QED) is 0.0981. The van der Waals surface area contributed by atoms with Gasteiger partial charge in [0.15, 0.2) is 11.4 Å². The van der Waals surface area contributed by atoms with Gasteiger partial charge in [-0.2, -0.15) is 0 Å². The van der Waals surface area contributed by atoms with E-state index < -0.39 is 6.29 Å². The summed E-state index contributed by atoms with van der Waals surface area (Å²) >= 11 is 1.68. The second kappa shape index (κ2) is 17.4. The lowest BCUT2D eigenvalue weighted by atomic mass is 9.91. The number of ether oxygens (including phenoxy) is 2. The number of unbranched alkanes of at least 4 members (excludes halogenated alkanes) is 2. The van der Waals surface area contributed by atoms with Crippen LogP contribution in [0, 0.1) is 5.92 Å². The number of thioether (sulfide) groups is 1. The number of carbonyl (C=O) groups is 2. The number of aliphatic hydroxyl groups excluding tert-OH is 1. The Bertz CT molecular complexity index is 1620. The van der Waals surface area contributed by atoms with Crippen molar-refractivity contribution in [3.8, 4) is 11.1 Å². The van der Waals surface area contributed by atoms with Crippen molar-refractivity contribution in [2.24, 2.45) is 13.0 Å². The maximum Gasteiger partial charge on any atom is 0.220 e. The zero-order valence-electron chi connectivity index (χ0n) is 27.9. The molecule has 0 bridgehead atoms. The Balaban J connectivity index is 1.25. The molecule has 4 aromatic rings. The number of amides is 2. The summed E-state index contributed by atoms with van der Waals surface area (Å²) in [5.74, 6) is 0.809. The number of hydrogen-bond acceptors (Lipinski definition) is 7. The van der Waals surface area contributed by atoms with Crippen molar-refractivity contribution in [3.05, 3.63) is 107 Å². The van der Waals surface area contributed by atoms with Gasteiger partial charge in [-0.05, 0) is 40.7 Å². The third kappa shape index (κ3) is 9.56. The van der Waals surface area contributed by atoms with Gasteiger partial charge in [-0.15, -0.1) is 0 Å². The zero-order chi connectivity index (χ0) is 33.9. The van der Waals surface area contributed by atoms with Crippen LogP contribution in [0.3, 0.4) is 0 Å². The number of hydrogen-bond donors (Lipinski definition) is 3. The van der Waals surface area contributed by atoms with Gasteiger partial charge < -0.3 is 29.8 Å². The number of nitrogens with zero attached hydrogens (tertiary/aromatic N) is 2. The molecule has 0 saturated carbocycles. The number of imidazole rings is 1. The van der Waals surface area contributed by atoms with Crippen molar-refractivity contribution in [1.82, 2.24) is 20.2 Å². The highest BCUT2D eigenvalue weighted by molar-refractivity contribution is 7.99. The fourth-order valence-electron chi connectivity index (χ4n) is 5.87. The first-order chi connectivity index (χ1) is 23.3. The van der Waals surface area contributed by atoms with Crippen LogP contribution in [0.5, 0.6) is 0 Å². The summed E-state index contributed by atoms with van der Waals surface area (Å²) in [6.07, 6.45) is 5.92. The molecule has 1 aliphatic rings. The monoisotopic (exact) mass is 670 g/mol. The molecule has 48 heavy (non-hydrogen) atoms. The normalized spacial score (nSPS) is 19.2. The van der Waals surface area contributed by atoms with E-state index in [1.54, 1.807) is 18.0 Å². The Morgan fingerprint density at radius 3 is 2.40 bits per heavy atom. The van der Waals surface area contributed by atoms with E-state index in [2.05, 4.69) is 52.9 Å². The zero-order valence-corrected chi connectivity index (χ0v) is 28.7. The lowest BCUT2D eigenvalue weighted by Gasteiger charge is -2.41. The minimum absolute atomic E-state index is 0.00000326. The molecule has 254 valence electrons. The topological polar surface area (TPSA) is 115 Å². The van der Waals surface area contributed by atoms with Crippen molar-refractivity contribution < 1.29 is 24.2 Å². The van der Waals surface area contributed by atoms with Gasteiger partial charge in [0.2, 0.25) is 11.8 Å². The first kappa shape index (κ1) is 35.3. The third-order valence-corrected chi connectivity index (χ3v) is 9.87. The lowest BCUT2D eigenvalue weighted by molar-refractivity contribution is -0.268. The molecule has 5 rings (SSSR count). The molecular weight excluding hydrogens is 625 g/mol. The summed E-state index contributed by atoms with van der Waals surface area (Å²) in [7, 11) is 1.99. The summed E-state index contributed by atoms with van der Waals surface area (Å²) in [4.78, 5) is 28.0. The predicted molar refractivity (Wildman–Crippen MR) is 188 cm³/mol. The maximum atomic E-state index is 12.5. The average Bonchev–Trinajstić information content (AvgIpc) is 3.52. The first-order valence-corrected chi connectivity index (χ1v) is 17.6. The molecule has 0 aliphatic carbocycles. The van der Waals surface area contributed by atoms with Crippen LogP contribution in [0.1, 0.15) is 74.2 Å². The van der Waals surface area contributed by atoms with Gasteiger partial charge in [0.25, 0.3) is 0 Å². The summed E-state index contributed by atoms with van der Waals surface area (Å²) < 4.78 is 15.3. The average molecular weight is 671 g/mol. The first-order valence-electron chi connectivity index (χ1n) is 16.6. The summed E-state index contributed by atoms with van der Waals surface area (Å²) in [6.45, 7) is 4.77. The molecule has 1 aliphatic heterocycles. The highest BCUT2D eigenvalue weighted by Crippen LogP contribution is 2.43. The highest BCUT2D eigenvalue weighted by Gasteiger charge is 2.38. The Morgan fingerprint density at radius 2 is 1.69 bits per heavy atom. The Hall–Kier alpha value is -3.96. The number of carbonyl (C=O) groups excluding carboxylic acids is 2. The standard InChI is InChI=1S/C38H46N4O5S/c1-26-34(25-48-38-40-21-22-42(38)3)46-37(47-36(26)30-14-12-28(24-43)13-15-30)31-18-16-29(17-19-31)33-10-7-6-9-32(33)23-41-35(45)11-5-4-8-20-39-27(2)44/h6-7,9-10,12-19,21-22,26,34,36-37,43H,4-5,8,11,20,23-25H2,1-3H3,(H,39,44)(H,41,45)/t26-,34+,36+,37+/m0/s1. The van der Waals surface area contributed by atoms with Gasteiger partial charge >= 0.3 is 0 Å². The fraction of sp³-hybridized carbons (Fsp3) is 0.395. The molecule has 10 heteroatoms. The molecule has 4 atom stereocenters. The van der Waals surface area contributed by atoms with Gasteiger partial charge in [0, 0.05) is 63.1 Å². The van der Waals surface area contributed by atoms with Gasteiger partial charge in [-0.25, -0.2) is 4.98 Å². The molecule has 0 spiro atoms. The molecule has 0 radical (unpaired) electrons. The van der Waals surface area contributed by atoms with E-state index in [0.29, 0.717) is 19.5 Å². The fourth-order valence-corrected chi connectivity index (χ4v) is 6.96. The number of nitrogens with one attached hydrogen (secondary N) is 2. The van der Waals surface area contributed by atoms with Crippen molar-refractivity contribution in [2.75, 3.05) is 12.3 Å². The molecule has 1 saturated heterocycles. The molecule has 3 N–H and O–H groups in total. The van der Waals surface area contributed by atoms with E-state index in [9.17, 15) is 14.7 Å². The number of rotatable bonds is 15. The number of aliphatic hydroxyl groups is 1. The lowest BCUT2D eigenvalue weighted by Crippen LogP contribution is -2.38. The van der Waals surface area contributed by atoms with Crippen molar-refractivity contribution in [2.45, 2.75) is 76.3 Å². The number of aromatic nitrogens is 2. The Morgan fingerprint density at radius 1 is 0.938 bits per heavy atom. The molecule has 2 heterocycles. The van der Waals surface area contributed by atoms with E-state index in [0.717, 1.165) is 63.6 Å². The molecule has 1 fully saturated rings. The maximum absolute atomic E-state index is 12.5. The molecule has 9 nitrogen and oxygen atoms in total. The van der Waals surface area contributed by atoms with Crippen molar-refractivity contribution in [3.63, 3.8) is 0 Å². The van der Waals surface area contributed by atoms with E-state index in [1.807, 2.05) is 60.3 Å². The molecule has 0 unspecified atom stereocenters. The largest absolute Gasteiger partial charge is 0.392 e. The predicted octanol–water partition coefficient (Wildman–Crippen LogP) is 6.48. The van der Waals surface area contributed by atoms with Crippen LogP contribution >= 0.6 is 11.8 Å². The molecule has 1 aromatic heterocycles. The number of aryl methyl sites for hydroxylation is 1. The Kier molecular flexibility index (Phi) is 12.8. The van der Waals surface area contributed by atoms with Crippen LogP contribution in [0.15, 0.2) is 90.3 Å². The number of benzene rings is 3. The van der Waals surface area contributed by atoms with Gasteiger partial charge in [-0.1, -0.05) is 97.9 Å². The minimum Gasteiger partial charge on any atom is -0.392 e. The Labute approximate surface area is 287 Å². The second-order valence-corrected chi connectivity index (χ2v) is 13.3. The third-order valence-electron chi connectivity index (χ3n) is 8.72. The van der Waals surface area contributed by atoms with E-state index in [1.165, 1.54) is 6.92 Å². The van der Waals surface area contributed by atoms with Crippen molar-refractivity contribution in [1.29, 1.82) is 0 Å². The minimum atomic E-state index is -0.558. The summed E-state index contributed by atoms with van der Waals surface area (Å²) in [5.41, 5.74) is 5.99. The van der Waals surface area contributed by atoms with Crippen LogP contribution in [-0.2, 0) is 39.3 Å². The van der Waals surface area contributed by atoms with Crippen LogP contribution in [-0.4, -0.2) is 44.9 Å². The van der Waals surface area contributed by atoms with Crippen molar-refractivity contribution >= 4 is 23.6 Å². The van der Waals surface area contributed by atoms with Crippen LogP contribution in [0.25, 0.3) is 11.1 Å². The van der Waals surface area contributed by atoms with Gasteiger partial charge in [-0.3, -0.25) is 9.59 Å². The summed E-state index contributed by atoms with van der Waals surface area (Å²) in [5, 5.41) is 16.4. The van der Waals surface area contributed by atoms with E-state index >= 15 is 0 Å².